The van der Waals surface area contributed by atoms with E-state index in [-0.39, 0.29) is 0 Å². The highest BCUT2D eigenvalue weighted by Gasteiger charge is 1.96. The molecule has 0 aromatic heterocycles. The lowest BCUT2D eigenvalue weighted by Gasteiger charge is -2.05. The van der Waals surface area contributed by atoms with E-state index >= 15 is 0 Å². The van der Waals surface area contributed by atoms with E-state index in [1.807, 2.05) is 6.92 Å². The van der Waals surface area contributed by atoms with Crippen LogP contribution in [0.25, 0.3) is 0 Å². The third-order valence-corrected chi connectivity index (χ3v) is 4.00. The normalized spacial score (nSPS) is 9.07. The van der Waals surface area contributed by atoms with E-state index in [0.717, 1.165) is 23.1 Å². The van der Waals surface area contributed by atoms with Crippen molar-refractivity contribution in [3.05, 3.63) is 26.2 Å². The molecule has 0 bridgehead atoms. The highest BCUT2D eigenvalue weighted by Crippen LogP contribution is 2.22. The molecule has 0 saturated heterocycles. The maximum atomic E-state index is 3.46. The van der Waals surface area contributed by atoms with Crippen molar-refractivity contribution in [1.82, 2.24) is 0 Å². The van der Waals surface area contributed by atoms with Crippen LogP contribution in [0.4, 0.5) is 5.69 Å². The Kier molecular flexibility index (Phi) is 5.34. The molecular formula is C11H11BrIN. The SMILES string of the molecule is CC#CCCNc1ccc(Br)c(I)c1. The summed E-state index contributed by atoms with van der Waals surface area (Å²) in [6.45, 7) is 2.77. The fourth-order valence-corrected chi connectivity index (χ4v) is 1.76. The molecule has 1 aromatic carbocycles. The van der Waals surface area contributed by atoms with Crippen molar-refractivity contribution >= 4 is 44.2 Å². The number of rotatable bonds is 3. The smallest absolute Gasteiger partial charge is 0.0351 e. The minimum absolute atomic E-state index is 0.892. The molecule has 0 unspecified atom stereocenters. The largest absolute Gasteiger partial charge is 0.384 e. The van der Waals surface area contributed by atoms with Crippen molar-refractivity contribution in [1.29, 1.82) is 0 Å². The Bertz CT molecular complexity index is 365. The van der Waals surface area contributed by atoms with Crippen LogP contribution < -0.4 is 5.32 Å². The quantitative estimate of drug-likeness (QED) is 0.488. The zero-order valence-electron chi connectivity index (χ0n) is 7.90. The summed E-state index contributed by atoms with van der Waals surface area (Å²) in [7, 11) is 0. The molecule has 0 saturated carbocycles. The second-order valence-electron chi connectivity index (χ2n) is 2.73. The van der Waals surface area contributed by atoms with E-state index in [1.165, 1.54) is 3.57 Å². The molecule has 3 heteroatoms. The number of benzene rings is 1. The van der Waals surface area contributed by atoms with Crippen LogP contribution >= 0.6 is 38.5 Å². The molecule has 74 valence electrons. The van der Waals surface area contributed by atoms with E-state index in [9.17, 15) is 0 Å². The Labute approximate surface area is 107 Å². The number of halogens is 2. The number of anilines is 1. The first-order chi connectivity index (χ1) is 6.74. The summed E-state index contributed by atoms with van der Waals surface area (Å²) in [4.78, 5) is 0. The van der Waals surface area contributed by atoms with Crippen LogP contribution in [0.5, 0.6) is 0 Å². The molecule has 0 heterocycles. The molecule has 0 atom stereocenters. The molecule has 0 aliphatic heterocycles. The van der Waals surface area contributed by atoms with Crippen LogP contribution in [0, 0.1) is 15.4 Å². The Hall–Kier alpha value is -0.210. The van der Waals surface area contributed by atoms with Gasteiger partial charge >= 0.3 is 0 Å². The molecule has 0 aliphatic carbocycles. The summed E-state index contributed by atoms with van der Waals surface area (Å²) >= 11 is 5.77. The number of hydrogen-bond acceptors (Lipinski definition) is 1. The third-order valence-electron chi connectivity index (χ3n) is 1.68. The Morgan fingerprint density at radius 2 is 2.29 bits per heavy atom. The van der Waals surface area contributed by atoms with Gasteiger partial charge in [-0.15, -0.1) is 11.8 Å². The van der Waals surface area contributed by atoms with Crippen molar-refractivity contribution in [2.45, 2.75) is 13.3 Å². The Morgan fingerprint density at radius 1 is 1.50 bits per heavy atom. The van der Waals surface area contributed by atoms with Gasteiger partial charge in [0.25, 0.3) is 0 Å². The molecule has 14 heavy (non-hydrogen) atoms. The third kappa shape index (κ3) is 3.89. The second kappa shape index (κ2) is 6.31. The van der Waals surface area contributed by atoms with Crippen LogP contribution in [-0.4, -0.2) is 6.54 Å². The van der Waals surface area contributed by atoms with Gasteiger partial charge in [-0.3, -0.25) is 0 Å². The monoisotopic (exact) mass is 363 g/mol. The van der Waals surface area contributed by atoms with Gasteiger partial charge in [0.2, 0.25) is 0 Å². The fourth-order valence-electron chi connectivity index (χ4n) is 1.00. The summed E-state index contributed by atoms with van der Waals surface area (Å²) in [6, 6.07) is 6.23. The van der Waals surface area contributed by atoms with Crippen molar-refractivity contribution in [2.75, 3.05) is 11.9 Å². The zero-order chi connectivity index (χ0) is 10.4. The molecule has 0 amide bonds. The Morgan fingerprint density at radius 3 is 2.93 bits per heavy atom. The fraction of sp³-hybridized carbons (Fsp3) is 0.273. The predicted molar refractivity (Wildman–Crippen MR) is 73.4 cm³/mol. The van der Waals surface area contributed by atoms with Crippen LogP contribution in [0.3, 0.4) is 0 Å². The molecule has 1 rings (SSSR count). The summed E-state index contributed by atoms with van der Waals surface area (Å²) < 4.78 is 2.35. The molecule has 1 nitrogen and oxygen atoms in total. The van der Waals surface area contributed by atoms with Gasteiger partial charge in [0, 0.05) is 26.7 Å². The molecule has 0 aliphatic rings. The first-order valence-corrected chi connectivity index (χ1v) is 6.19. The first kappa shape index (κ1) is 11.9. The average Bonchev–Trinajstić information content (AvgIpc) is 2.18. The topological polar surface area (TPSA) is 12.0 Å². The van der Waals surface area contributed by atoms with Crippen LogP contribution in [0.1, 0.15) is 13.3 Å². The van der Waals surface area contributed by atoms with Gasteiger partial charge in [0.15, 0.2) is 0 Å². The van der Waals surface area contributed by atoms with Crippen molar-refractivity contribution in [2.24, 2.45) is 0 Å². The Balaban J connectivity index is 2.50. The maximum Gasteiger partial charge on any atom is 0.0351 e. The van der Waals surface area contributed by atoms with Crippen LogP contribution in [-0.2, 0) is 0 Å². The summed E-state index contributed by atoms with van der Waals surface area (Å²) in [6.07, 6.45) is 0.892. The van der Waals surface area contributed by atoms with E-state index < -0.39 is 0 Å². The van der Waals surface area contributed by atoms with Crippen LogP contribution in [0.15, 0.2) is 22.7 Å². The highest BCUT2D eigenvalue weighted by molar-refractivity contribution is 14.1. The van der Waals surface area contributed by atoms with Gasteiger partial charge in [0.1, 0.15) is 0 Å². The van der Waals surface area contributed by atoms with E-state index in [0.29, 0.717) is 0 Å². The number of hydrogen-bond donors (Lipinski definition) is 1. The van der Waals surface area contributed by atoms with Gasteiger partial charge in [-0.1, -0.05) is 0 Å². The predicted octanol–water partition coefficient (Wildman–Crippen LogP) is 3.88. The molecule has 0 spiro atoms. The first-order valence-electron chi connectivity index (χ1n) is 4.32. The van der Waals surface area contributed by atoms with E-state index in [1.54, 1.807) is 0 Å². The van der Waals surface area contributed by atoms with E-state index in [2.05, 4.69) is 73.9 Å². The molecule has 1 aromatic rings. The average molecular weight is 364 g/mol. The van der Waals surface area contributed by atoms with Gasteiger partial charge in [-0.25, -0.2) is 0 Å². The maximum absolute atomic E-state index is 3.46. The molecule has 0 fully saturated rings. The van der Waals surface area contributed by atoms with Gasteiger partial charge in [-0.2, -0.15) is 0 Å². The molecular weight excluding hydrogens is 353 g/mol. The summed E-state index contributed by atoms with van der Waals surface area (Å²) in [5.41, 5.74) is 1.15. The van der Waals surface area contributed by atoms with Gasteiger partial charge < -0.3 is 5.32 Å². The molecule has 0 radical (unpaired) electrons. The lowest BCUT2D eigenvalue weighted by Crippen LogP contribution is -2.00. The standard InChI is InChI=1S/C11H11BrIN/c1-2-3-4-7-14-9-5-6-10(12)11(13)8-9/h5-6,8,14H,4,7H2,1H3. The minimum Gasteiger partial charge on any atom is -0.384 e. The lowest BCUT2D eigenvalue weighted by molar-refractivity contribution is 1.10. The van der Waals surface area contributed by atoms with Gasteiger partial charge in [0.05, 0.1) is 0 Å². The van der Waals surface area contributed by atoms with E-state index in [4.69, 9.17) is 0 Å². The van der Waals surface area contributed by atoms with Crippen molar-refractivity contribution < 1.29 is 0 Å². The van der Waals surface area contributed by atoms with Crippen molar-refractivity contribution in [3.8, 4) is 11.8 Å². The van der Waals surface area contributed by atoms with Crippen LogP contribution in [0.2, 0.25) is 0 Å². The summed E-state index contributed by atoms with van der Waals surface area (Å²) in [5.74, 6) is 5.90. The second-order valence-corrected chi connectivity index (χ2v) is 4.75. The molecule has 1 N–H and O–H groups in total. The lowest BCUT2D eigenvalue weighted by atomic mass is 10.3. The highest BCUT2D eigenvalue weighted by atomic mass is 127. The zero-order valence-corrected chi connectivity index (χ0v) is 11.6. The van der Waals surface area contributed by atoms with Crippen molar-refractivity contribution in [3.63, 3.8) is 0 Å². The number of nitrogens with one attached hydrogen (secondary N) is 1. The van der Waals surface area contributed by atoms with Gasteiger partial charge in [-0.05, 0) is 63.6 Å². The minimum atomic E-state index is 0.892. The summed E-state index contributed by atoms with van der Waals surface area (Å²) in [5, 5.41) is 3.32.